The van der Waals surface area contributed by atoms with Gasteiger partial charge >= 0.3 is 12.1 Å². The summed E-state index contributed by atoms with van der Waals surface area (Å²) < 4.78 is 76.9. The van der Waals surface area contributed by atoms with E-state index in [0.717, 1.165) is 12.1 Å². The normalized spacial score (nSPS) is 17.3. The summed E-state index contributed by atoms with van der Waals surface area (Å²) in [5, 5.41) is 9.02. The zero-order valence-electron chi connectivity index (χ0n) is 17.7. The molecule has 2 aliphatic rings. The number of carbonyl (C=O) groups is 1. The highest BCUT2D eigenvalue weighted by atomic mass is 35.5. The third-order valence-electron chi connectivity index (χ3n) is 5.65. The van der Waals surface area contributed by atoms with Crippen LogP contribution in [0.1, 0.15) is 24.0 Å². The van der Waals surface area contributed by atoms with Crippen molar-refractivity contribution in [1.82, 2.24) is 4.90 Å². The summed E-state index contributed by atoms with van der Waals surface area (Å²) in [5.74, 6) is -4.02. The average molecular weight is 506 g/mol. The number of rotatable bonds is 5. The Kier molecular flexibility index (Phi) is 7.42. The van der Waals surface area contributed by atoms with Gasteiger partial charge in [0.25, 0.3) is 0 Å². The molecule has 34 heavy (non-hydrogen) atoms. The minimum atomic E-state index is -4.73. The van der Waals surface area contributed by atoms with Crippen molar-refractivity contribution < 1.29 is 41.3 Å². The fourth-order valence-electron chi connectivity index (χ4n) is 4.14. The maximum absolute atomic E-state index is 14.6. The van der Waals surface area contributed by atoms with Crippen LogP contribution in [0.2, 0.25) is 0 Å². The van der Waals surface area contributed by atoms with Crippen molar-refractivity contribution in [2.45, 2.75) is 24.6 Å². The molecule has 4 rings (SSSR count). The summed E-state index contributed by atoms with van der Waals surface area (Å²) in [6.07, 6.45) is -2.06. The Hall–Kier alpha value is -2.85. The van der Waals surface area contributed by atoms with Crippen LogP contribution in [-0.2, 0) is 4.79 Å². The minimum absolute atomic E-state index is 0. The number of nitrogens with zero attached hydrogens (tertiary/aromatic N) is 1. The molecule has 0 aliphatic carbocycles. The number of piperidine rings is 1. The first-order valence-electron chi connectivity index (χ1n) is 10.2. The smallest absolute Gasteiger partial charge is 0.422 e. The van der Waals surface area contributed by atoms with Crippen molar-refractivity contribution >= 4 is 23.9 Å². The number of carboxylic acid groups (broad SMARTS) is 1. The van der Waals surface area contributed by atoms with Gasteiger partial charge in [0.15, 0.2) is 24.0 Å². The molecule has 184 valence electrons. The second-order valence-corrected chi connectivity index (χ2v) is 8.06. The van der Waals surface area contributed by atoms with E-state index in [9.17, 15) is 26.7 Å². The van der Waals surface area contributed by atoms with E-state index in [0.29, 0.717) is 42.8 Å². The fraction of sp³-hybridized carbons (Fsp3) is 0.348. The van der Waals surface area contributed by atoms with Crippen LogP contribution in [0, 0.1) is 11.6 Å². The molecule has 2 heterocycles. The number of benzene rings is 2. The molecular formula is C23H21ClF5NO4. The maximum atomic E-state index is 14.6. The standard InChI is InChI=1S/C23H20F5NO4.ClH/c24-17-9-14(10-18(25)21(17)32-13-23(26,27)28)16-11-22(33-19-4-2-1-3-15(16)19)5-7-29(8-6-22)12-20(30)31;/h1-4,9-11H,5-8,12-13H2,(H,30,31);1H. The number of halogens is 6. The molecule has 1 spiro atoms. The molecule has 2 aromatic rings. The van der Waals surface area contributed by atoms with Crippen molar-refractivity contribution in [3.63, 3.8) is 0 Å². The maximum Gasteiger partial charge on any atom is 0.422 e. The van der Waals surface area contributed by atoms with E-state index in [1.807, 2.05) is 0 Å². The lowest BCUT2D eigenvalue weighted by molar-refractivity contribution is -0.154. The number of hydrogen-bond donors (Lipinski definition) is 1. The summed E-state index contributed by atoms with van der Waals surface area (Å²) in [6, 6.07) is 8.81. The number of aliphatic carboxylic acids is 1. The van der Waals surface area contributed by atoms with Gasteiger partial charge in [-0.1, -0.05) is 18.2 Å². The van der Waals surface area contributed by atoms with Gasteiger partial charge in [-0.05, 0) is 35.4 Å². The van der Waals surface area contributed by atoms with E-state index in [1.165, 1.54) is 0 Å². The molecule has 0 saturated carbocycles. The van der Waals surface area contributed by atoms with Crippen LogP contribution in [0.5, 0.6) is 11.5 Å². The molecule has 2 aromatic carbocycles. The molecule has 0 bridgehead atoms. The van der Waals surface area contributed by atoms with E-state index < -0.39 is 41.7 Å². The molecule has 1 N–H and O–H groups in total. The highest BCUT2D eigenvalue weighted by molar-refractivity contribution is 5.85. The summed E-state index contributed by atoms with van der Waals surface area (Å²) in [4.78, 5) is 12.8. The number of fused-ring (bicyclic) bond motifs is 1. The second kappa shape index (κ2) is 9.79. The molecule has 0 amide bonds. The zero-order chi connectivity index (χ0) is 23.8. The van der Waals surface area contributed by atoms with Crippen molar-refractivity contribution in [3.05, 3.63) is 65.2 Å². The zero-order valence-corrected chi connectivity index (χ0v) is 18.5. The molecule has 0 radical (unpaired) electrons. The lowest BCUT2D eigenvalue weighted by atomic mass is 9.83. The molecule has 1 fully saturated rings. The van der Waals surface area contributed by atoms with Crippen molar-refractivity contribution in [1.29, 1.82) is 0 Å². The molecule has 0 unspecified atom stereocenters. The first-order chi connectivity index (χ1) is 15.6. The van der Waals surface area contributed by atoms with E-state index in [1.54, 1.807) is 35.2 Å². The lowest BCUT2D eigenvalue weighted by Crippen LogP contribution is -2.49. The van der Waals surface area contributed by atoms with Crippen LogP contribution in [0.3, 0.4) is 0 Å². The highest BCUT2D eigenvalue weighted by Crippen LogP contribution is 2.44. The monoisotopic (exact) mass is 505 g/mol. The van der Waals surface area contributed by atoms with Gasteiger partial charge in [-0.15, -0.1) is 12.4 Å². The lowest BCUT2D eigenvalue weighted by Gasteiger charge is -2.42. The highest BCUT2D eigenvalue weighted by Gasteiger charge is 2.39. The molecule has 1 saturated heterocycles. The Labute approximate surface area is 198 Å². The number of likely N-dealkylation sites (tertiary alicyclic amines) is 1. The molecule has 11 heteroatoms. The van der Waals surface area contributed by atoms with Gasteiger partial charge in [-0.25, -0.2) is 8.78 Å². The molecule has 0 atom stereocenters. The number of hydrogen-bond acceptors (Lipinski definition) is 4. The summed E-state index contributed by atoms with van der Waals surface area (Å²) in [7, 11) is 0. The summed E-state index contributed by atoms with van der Waals surface area (Å²) >= 11 is 0. The molecule has 0 aromatic heterocycles. The minimum Gasteiger partial charge on any atom is -0.482 e. The van der Waals surface area contributed by atoms with Gasteiger partial charge in [0, 0.05) is 31.5 Å². The van der Waals surface area contributed by atoms with Gasteiger partial charge in [-0.3, -0.25) is 9.69 Å². The van der Waals surface area contributed by atoms with E-state index in [-0.39, 0.29) is 24.5 Å². The van der Waals surface area contributed by atoms with Crippen LogP contribution in [0.25, 0.3) is 5.57 Å². The van der Waals surface area contributed by atoms with Gasteiger partial charge in [0.2, 0.25) is 0 Å². The van der Waals surface area contributed by atoms with Crippen LogP contribution >= 0.6 is 12.4 Å². The third-order valence-corrected chi connectivity index (χ3v) is 5.65. The molecule has 5 nitrogen and oxygen atoms in total. The van der Waals surface area contributed by atoms with Crippen molar-refractivity contribution in [3.8, 4) is 11.5 Å². The second-order valence-electron chi connectivity index (χ2n) is 8.06. The number of alkyl halides is 3. The van der Waals surface area contributed by atoms with Gasteiger partial charge in [0.1, 0.15) is 11.4 Å². The average Bonchev–Trinajstić information content (AvgIpc) is 2.73. The third kappa shape index (κ3) is 5.61. The van der Waals surface area contributed by atoms with Crippen molar-refractivity contribution in [2.75, 3.05) is 26.2 Å². The Morgan fingerprint density at radius 2 is 1.74 bits per heavy atom. The van der Waals surface area contributed by atoms with E-state index in [4.69, 9.17) is 9.84 Å². The van der Waals surface area contributed by atoms with E-state index >= 15 is 0 Å². The van der Waals surface area contributed by atoms with Gasteiger partial charge in [-0.2, -0.15) is 13.2 Å². The number of carboxylic acids is 1. The Morgan fingerprint density at radius 1 is 1.12 bits per heavy atom. The van der Waals surface area contributed by atoms with Gasteiger partial charge < -0.3 is 14.6 Å². The summed E-state index contributed by atoms with van der Waals surface area (Å²) in [6.45, 7) is -1.01. The Bertz CT molecular complexity index is 1070. The Balaban J connectivity index is 0.00000324. The predicted molar refractivity (Wildman–Crippen MR) is 115 cm³/mol. The topological polar surface area (TPSA) is 59.0 Å². The van der Waals surface area contributed by atoms with Crippen molar-refractivity contribution in [2.24, 2.45) is 0 Å². The SMILES string of the molecule is Cl.O=C(O)CN1CCC2(C=C(c3cc(F)c(OCC(F)(F)F)c(F)c3)c3ccccc3O2)CC1. The van der Waals surface area contributed by atoms with Crippen LogP contribution in [0.15, 0.2) is 42.5 Å². The molecular weight excluding hydrogens is 485 g/mol. The van der Waals surface area contributed by atoms with Crippen LogP contribution < -0.4 is 9.47 Å². The Morgan fingerprint density at radius 3 is 2.32 bits per heavy atom. The predicted octanol–water partition coefficient (Wildman–Crippen LogP) is 5.07. The van der Waals surface area contributed by atoms with Crippen LogP contribution in [0.4, 0.5) is 22.0 Å². The number of para-hydroxylation sites is 1. The van der Waals surface area contributed by atoms with Gasteiger partial charge in [0.05, 0.1) is 6.54 Å². The largest absolute Gasteiger partial charge is 0.482 e. The first-order valence-corrected chi connectivity index (χ1v) is 10.2. The first kappa shape index (κ1) is 25.8. The van der Waals surface area contributed by atoms with E-state index in [2.05, 4.69) is 4.74 Å². The number of ether oxygens (including phenoxy) is 2. The molecule has 2 aliphatic heterocycles. The van der Waals surface area contributed by atoms with Crippen LogP contribution in [-0.4, -0.2) is 54.0 Å². The summed E-state index contributed by atoms with van der Waals surface area (Å²) in [5.41, 5.74) is 0.381. The fourth-order valence-corrected chi connectivity index (χ4v) is 4.14. The quantitative estimate of drug-likeness (QED) is 0.575.